The van der Waals surface area contributed by atoms with Gasteiger partial charge in [-0.25, -0.2) is 14.8 Å². The first kappa shape index (κ1) is 20.2. The normalized spacial score (nSPS) is 10.7. The summed E-state index contributed by atoms with van der Waals surface area (Å²) in [6, 6.07) is 7.35. The maximum Gasteiger partial charge on any atom is 0.332 e. The molecule has 0 aliphatic heterocycles. The Hall–Kier alpha value is -3.53. The molecule has 1 aromatic carbocycles. The van der Waals surface area contributed by atoms with Gasteiger partial charge in [-0.2, -0.15) is 0 Å². The third-order valence-electron chi connectivity index (χ3n) is 4.38. The minimum atomic E-state index is -0.490. The van der Waals surface area contributed by atoms with Crippen LogP contribution in [0.5, 0.6) is 0 Å². The number of benzene rings is 1. The number of fused-ring (bicyclic) bond motifs is 1. The molecule has 0 saturated carbocycles. The first-order chi connectivity index (χ1) is 13.5. The summed E-state index contributed by atoms with van der Waals surface area (Å²) in [7, 11) is 2.93. The second-order valence-corrected chi connectivity index (χ2v) is 7.11. The molecular weight excluding hydrogens is 392 g/mol. The lowest BCUT2D eigenvalue weighted by molar-refractivity contribution is -0.116. The van der Waals surface area contributed by atoms with Crippen molar-refractivity contribution in [1.29, 1.82) is 0 Å². The van der Waals surface area contributed by atoms with Gasteiger partial charge in [-0.3, -0.25) is 18.7 Å². The molecule has 3 aromatic heterocycles. The molecule has 0 saturated heterocycles. The summed E-state index contributed by atoms with van der Waals surface area (Å²) in [6.45, 7) is -0.0990. The Balaban J connectivity index is 0.00000240. The number of nitrogens with one attached hydrogen (secondary N) is 1. The van der Waals surface area contributed by atoms with Gasteiger partial charge in [-0.05, 0) is 24.3 Å². The largest absolute Gasteiger partial charge is 0.332 e. The minimum absolute atomic E-state index is 0. The Morgan fingerprint density at radius 1 is 1.10 bits per heavy atom. The molecule has 3 heterocycles. The van der Waals surface area contributed by atoms with Crippen LogP contribution in [-0.4, -0.2) is 29.6 Å². The summed E-state index contributed by atoms with van der Waals surface area (Å²) in [5, 5.41) is 5.61. The third-order valence-corrected chi connectivity index (χ3v) is 5.20. The summed E-state index contributed by atoms with van der Waals surface area (Å²) in [5.74, 6) is -0.308. The molecule has 0 spiro atoms. The maximum absolute atomic E-state index is 12.4. The standard InChI is InChI=1S/C18H16N6O3S.CH4/c1-22-15-14(17(26)23(2)18(22)27)24(10-20-15)9-13(25)21-12-5-3-11(4-6-12)16-19-7-8-28-16;/h3-8,10H,9H2,1-2H3,(H,21,25);1H4. The zero-order valence-electron chi connectivity index (χ0n) is 15.1. The van der Waals surface area contributed by atoms with E-state index in [0.717, 1.165) is 15.1 Å². The molecule has 10 heteroatoms. The Labute approximate surface area is 169 Å². The lowest BCUT2D eigenvalue weighted by Gasteiger charge is -2.08. The number of imidazole rings is 1. The van der Waals surface area contributed by atoms with E-state index in [0.29, 0.717) is 5.69 Å². The van der Waals surface area contributed by atoms with E-state index in [4.69, 9.17) is 0 Å². The first-order valence-corrected chi connectivity index (χ1v) is 9.24. The van der Waals surface area contributed by atoms with E-state index < -0.39 is 11.2 Å². The lowest BCUT2D eigenvalue weighted by Crippen LogP contribution is -2.37. The van der Waals surface area contributed by atoms with E-state index in [-0.39, 0.29) is 31.0 Å². The first-order valence-electron chi connectivity index (χ1n) is 8.36. The molecule has 0 fully saturated rings. The smallest absolute Gasteiger partial charge is 0.325 e. The van der Waals surface area contributed by atoms with Gasteiger partial charge < -0.3 is 9.88 Å². The Bertz CT molecular complexity index is 1280. The fourth-order valence-electron chi connectivity index (χ4n) is 2.93. The lowest BCUT2D eigenvalue weighted by atomic mass is 10.2. The SMILES string of the molecule is C.Cn1c(=O)c2c(ncn2CC(=O)Nc2ccc(-c3nccs3)cc2)n(C)c1=O. The Morgan fingerprint density at radius 2 is 1.83 bits per heavy atom. The van der Waals surface area contributed by atoms with Crippen LogP contribution in [0.15, 0.2) is 51.8 Å². The van der Waals surface area contributed by atoms with E-state index >= 15 is 0 Å². The number of aryl methyl sites for hydroxylation is 1. The topological polar surface area (TPSA) is 104 Å². The van der Waals surface area contributed by atoms with Crippen molar-refractivity contribution in [2.45, 2.75) is 14.0 Å². The molecule has 4 rings (SSSR count). The summed E-state index contributed by atoms with van der Waals surface area (Å²) in [6.07, 6.45) is 3.13. The number of carbonyl (C=O) groups is 1. The zero-order chi connectivity index (χ0) is 19.8. The predicted molar refractivity (Wildman–Crippen MR) is 113 cm³/mol. The molecule has 9 nitrogen and oxygen atoms in total. The fraction of sp³-hybridized carbons (Fsp3) is 0.211. The van der Waals surface area contributed by atoms with Gasteiger partial charge in [0.2, 0.25) is 5.91 Å². The van der Waals surface area contributed by atoms with Gasteiger partial charge in [0, 0.05) is 36.9 Å². The number of amides is 1. The summed E-state index contributed by atoms with van der Waals surface area (Å²) in [5.41, 5.74) is 1.10. The second-order valence-electron chi connectivity index (χ2n) is 6.21. The summed E-state index contributed by atoms with van der Waals surface area (Å²) >= 11 is 1.54. The fourth-order valence-corrected chi connectivity index (χ4v) is 3.58. The Kier molecular flexibility index (Phi) is 5.46. The van der Waals surface area contributed by atoms with Crippen molar-refractivity contribution in [2.75, 3.05) is 5.32 Å². The van der Waals surface area contributed by atoms with Gasteiger partial charge in [0.05, 0.1) is 6.33 Å². The second kappa shape index (κ2) is 7.84. The van der Waals surface area contributed by atoms with Gasteiger partial charge in [-0.15, -0.1) is 11.3 Å². The van der Waals surface area contributed by atoms with E-state index in [1.165, 1.54) is 40.9 Å². The van der Waals surface area contributed by atoms with Crippen LogP contribution in [0.25, 0.3) is 21.7 Å². The third kappa shape index (κ3) is 3.61. The van der Waals surface area contributed by atoms with Crippen molar-refractivity contribution in [3.05, 3.63) is 63.0 Å². The van der Waals surface area contributed by atoms with Crippen LogP contribution < -0.4 is 16.6 Å². The molecule has 4 aromatic rings. The molecule has 0 aliphatic rings. The minimum Gasteiger partial charge on any atom is -0.325 e. The van der Waals surface area contributed by atoms with Crippen LogP contribution in [0.3, 0.4) is 0 Å². The maximum atomic E-state index is 12.4. The molecule has 0 unspecified atom stereocenters. The quantitative estimate of drug-likeness (QED) is 0.551. The van der Waals surface area contributed by atoms with E-state index in [1.54, 1.807) is 18.3 Å². The van der Waals surface area contributed by atoms with Crippen LogP contribution in [0.1, 0.15) is 7.43 Å². The van der Waals surface area contributed by atoms with Crippen molar-refractivity contribution in [2.24, 2.45) is 14.1 Å². The van der Waals surface area contributed by atoms with Crippen molar-refractivity contribution < 1.29 is 4.79 Å². The molecule has 1 amide bonds. The molecule has 29 heavy (non-hydrogen) atoms. The average Bonchev–Trinajstić information content (AvgIpc) is 3.35. The van der Waals surface area contributed by atoms with E-state index in [9.17, 15) is 14.4 Å². The van der Waals surface area contributed by atoms with Gasteiger partial charge >= 0.3 is 5.69 Å². The van der Waals surface area contributed by atoms with Gasteiger partial charge in [0.1, 0.15) is 11.6 Å². The van der Waals surface area contributed by atoms with Crippen LogP contribution in [0, 0.1) is 0 Å². The molecule has 0 radical (unpaired) electrons. The van der Waals surface area contributed by atoms with Gasteiger partial charge in [0.15, 0.2) is 11.2 Å². The zero-order valence-corrected chi connectivity index (χ0v) is 15.9. The number of anilines is 1. The average molecular weight is 412 g/mol. The molecule has 1 N–H and O–H groups in total. The van der Waals surface area contributed by atoms with Crippen molar-refractivity contribution in [3.63, 3.8) is 0 Å². The van der Waals surface area contributed by atoms with E-state index in [2.05, 4.69) is 15.3 Å². The number of aromatic nitrogens is 5. The highest BCUT2D eigenvalue weighted by atomic mass is 32.1. The monoisotopic (exact) mass is 412 g/mol. The highest BCUT2D eigenvalue weighted by Crippen LogP contribution is 2.23. The number of thiazole rings is 1. The molecule has 0 aliphatic carbocycles. The van der Waals surface area contributed by atoms with Gasteiger partial charge in [-0.1, -0.05) is 7.43 Å². The van der Waals surface area contributed by atoms with Crippen LogP contribution >= 0.6 is 11.3 Å². The van der Waals surface area contributed by atoms with E-state index in [1.807, 2.05) is 17.5 Å². The van der Waals surface area contributed by atoms with Crippen molar-refractivity contribution in [3.8, 4) is 10.6 Å². The summed E-state index contributed by atoms with van der Waals surface area (Å²) < 4.78 is 3.72. The molecule has 0 atom stereocenters. The number of nitrogens with zero attached hydrogens (tertiary/aromatic N) is 5. The highest BCUT2D eigenvalue weighted by molar-refractivity contribution is 7.13. The Morgan fingerprint density at radius 3 is 2.48 bits per heavy atom. The number of rotatable bonds is 4. The van der Waals surface area contributed by atoms with Crippen LogP contribution in [0.4, 0.5) is 5.69 Å². The molecule has 150 valence electrons. The number of carbonyl (C=O) groups excluding carboxylic acids is 1. The van der Waals surface area contributed by atoms with Crippen LogP contribution in [-0.2, 0) is 25.4 Å². The summed E-state index contributed by atoms with van der Waals surface area (Å²) in [4.78, 5) is 45.2. The van der Waals surface area contributed by atoms with Crippen molar-refractivity contribution in [1.82, 2.24) is 23.7 Å². The molecular formula is C19H20N6O3S. The predicted octanol–water partition coefficient (Wildman–Crippen LogP) is 1.83. The number of hydrogen-bond acceptors (Lipinski definition) is 6. The van der Waals surface area contributed by atoms with Crippen LogP contribution in [0.2, 0.25) is 0 Å². The molecule has 0 bridgehead atoms. The highest BCUT2D eigenvalue weighted by Gasteiger charge is 2.16. The number of hydrogen-bond donors (Lipinski definition) is 1. The van der Waals surface area contributed by atoms with Crippen molar-refractivity contribution >= 4 is 34.1 Å². The van der Waals surface area contributed by atoms with Gasteiger partial charge in [0.25, 0.3) is 5.56 Å².